The molecule has 1 aliphatic rings. The molecule has 1 aliphatic heterocycles. The van der Waals surface area contributed by atoms with Gasteiger partial charge < -0.3 is 14.4 Å². The first-order valence-corrected chi connectivity index (χ1v) is 10.3. The van der Waals surface area contributed by atoms with Crippen molar-refractivity contribution in [1.29, 1.82) is 0 Å². The number of hydrogen-bond acceptors (Lipinski definition) is 4. The SMILES string of the molecule is COc1cc(C)c(CCN2CCN(c3ccc(Br)c(OC)c3)CC2)cc1C. The number of aryl methyl sites for hydroxylation is 2. The molecule has 0 bridgehead atoms. The molecule has 5 heteroatoms. The summed E-state index contributed by atoms with van der Waals surface area (Å²) in [7, 11) is 3.45. The first-order chi connectivity index (χ1) is 13.0. The number of piperazine rings is 1. The van der Waals surface area contributed by atoms with Crippen molar-refractivity contribution in [2.75, 3.05) is 51.8 Å². The largest absolute Gasteiger partial charge is 0.496 e. The Labute approximate surface area is 171 Å². The molecule has 0 spiro atoms. The molecule has 0 N–H and O–H groups in total. The van der Waals surface area contributed by atoms with E-state index in [1.807, 2.05) is 0 Å². The number of halogens is 1. The average Bonchev–Trinajstić information content (AvgIpc) is 2.69. The highest BCUT2D eigenvalue weighted by molar-refractivity contribution is 9.10. The first-order valence-electron chi connectivity index (χ1n) is 9.46. The molecule has 146 valence electrons. The minimum Gasteiger partial charge on any atom is -0.496 e. The van der Waals surface area contributed by atoms with Gasteiger partial charge in [-0.25, -0.2) is 0 Å². The van der Waals surface area contributed by atoms with Crippen LogP contribution in [-0.2, 0) is 6.42 Å². The Morgan fingerprint density at radius 2 is 1.59 bits per heavy atom. The van der Waals surface area contributed by atoms with Crippen molar-refractivity contribution >= 4 is 21.6 Å². The fraction of sp³-hybridized carbons (Fsp3) is 0.455. The van der Waals surface area contributed by atoms with Gasteiger partial charge in [0.15, 0.2) is 0 Å². The van der Waals surface area contributed by atoms with Gasteiger partial charge in [-0.05, 0) is 71.1 Å². The summed E-state index contributed by atoms with van der Waals surface area (Å²) in [5, 5.41) is 0. The lowest BCUT2D eigenvalue weighted by molar-refractivity contribution is 0.261. The fourth-order valence-corrected chi connectivity index (χ4v) is 4.10. The Kier molecular flexibility index (Phi) is 6.66. The van der Waals surface area contributed by atoms with Gasteiger partial charge in [0, 0.05) is 44.5 Å². The van der Waals surface area contributed by atoms with Crippen molar-refractivity contribution in [3.63, 3.8) is 0 Å². The summed E-state index contributed by atoms with van der Waals surface area (Å²) in [6, 6.07) is 10.8. The maximum absolute atomic E-state index is 5.43. The highest BCUT2D eigenvalue weighted by Gasteiger charge is 2.18. The Hall–Kier alpha value is -1.72. The number of anilines is 1. The number of hydrogen-bond donors (Lipinski definition) is 0. The smallest absolute Gasteiger partial charge is 0.135 e. The van der Waals surface area contributed by atoms with Crippen molar-refractivity contribution < 1.29 is 9.47 Å². The second kappa shape index (κ2) is 8.98. The van der Waals surface area contributed by atoms with Crippen LogP contribution in [0.4, 0.5) is 5.69 Å². The lowest BCUT2D eigenvalue weighted by Crippen LogP contribution is -2.47. The van der Waals surface area contributed by atoms with Gasteiger partial charge >= 0.3 is 0 Å². The maximum Gasteiger partial charge on any atom is 0.135 e. The van der Waals surface area contributed by atoms with Gasteiger partial charge in [-0.15, -0.1) is 0 Å². The summed E-state index contributed by atoms with van der Waals surface area (Å²) in [5.41, 5.74) is 5.19. The van der Waals surface area contributed by atoms with Gasteiger partial charge in [-0.1, -0.05) is 6.07 Å². The highest BCUT2D eigenvalue weighted by Crippen LogP contribution is 2.30. The van der Waals surface area contributed by atoms with E-state index in [1.165, 1.54) is 22.4 Å². The highest BCUT2D eigenvalue weighted by atomic mass is 79.9. The molecule has 2 aromatic rings. The summed E-state index contributed by atoms with van der Waals surface area (Å²) in [4.78, 5) is 5.00. The zero-order chi connectivity index (χ0) is 19.4. The van der Waals surface area contributed by atoms with E-state index < -0.39 is 0 Å². The Morgan fingerprint density at radius 1 is 0.889 bits per heavy atom. The van der Waals surface area contributed by atoms with Crippen molar-refractivity contribution in [3.8, 4) is 11.5 Å². The fourth-order valence-electron chi connectivity index (χ4n) is 3.69. The van der Waals surface area contributed by atoms with Crippen molar-refractivity contribution in [1.82, 2.24) is 4.90 Å². The normalized spacial score (nSPS) is 15.1. The molecule has 0 atom stereocenters. The van der Waals surface area contributed by atoms with Gasteiger partial charge in [-0.2, -0.15) is 0 Å². The van der Waals surface area contributed by atoms with Crippen molar-refractivity contribution in [2.24, 2.45) is 0 Å². The molecule has 0 aliphatic carbocycles. The molecule has 1 fully saturated rings. The summed E-state index contributed by atoms with van der Waals surface area (Å²) < 4.78 is 11.9. The number of nitrogens with zero attached hydrogens (tertiary/aromatic N) is 2. The summed E-state index contributed by atoms with van der Waals surface area (Å²) in [5.74, 6) is 1.87. The van der Waals surface area contributed by atoms with Crippen LogP contribution in [0.5, 0.6) is 11.5 Å². The van der Waals surface area contributed by atoms with E-state index in [-0.39, 0.29) is 0 Å². The standard InChI is InChI=1S/C22H29BrN2O2/c1-16-14-21(26-3)17(2)13-18(16)7-8-24-9-11-25(12-10-24)19-5-6-20(23)22(15-19)27-4/h5-6,13-15H,7-12H2,1-4H3. The quantitative estimate of drug-likeness (QED) is 0.672. The van der Waals surface area contributed by atoms with Crippen LogP contribution in [0.3, 0.4) is 0 Å². The number of methoxy groups -OCH3 is 2. The van der Waals surface area contributed by atoms with Crippen LogP contribution in [-0.4, -0.2) is 51.8 Å². The van der Waals surface area contributed by atoms with E-state index in [2.05, 4.69) is 69.9 Å². The molecule has 0 unspecified atom stereocenters. The average molecular weight is 433 g/mol. The van der Waals surface area contributed by atoms with Crippen LogP contribution >= 0.6 is 15.9 Å². The maximum atomic E-state index is 5.43. The van der Waals surface area contributed by atoms with E-state index in [0.717, 1.165) is 55.1 Å². The third kappa shape index (κ3) is 4.77. The summed E-state index contributed by atoms with van der Waals surface area (Å²) in [6.45, 7) is 9.67. The van der Waals surface area contributed by atoms with Crippen LogP contribution in [0.15, 0.2) is 34.8 Å². The molecule has 4 nitrogen and oxygen atoms in total. The van der Waals surface area contributed by atoms with Crippen LogP contribution < -0.4 is 14.4 Å². The van der Waals surface area contributed by atoms with Gasteiger partial charge in [0.25, 0.3) is 0 Å². The molecule has 1 heterocycles. The van der Waals surface area contributed by atoms with E-state index in [9.17, 15) is 0 Å². The van der Waals surface area contributed by atoms with Crippen LogP contribution in [0, 0.1) is 13.8 Å². The Bertz CT molecular complexity index is 786. The Morgan fingerprint density at radius 3 is 2.26 bits per heavy atom. The zero-order valence-electron chi connectivity index (χ0n) is 16.7. The van der Waals surface area contributed by atoms with E-state index >= 15 is 0 Å². The molecule has 0 amide bonds. The van der Waals surface area contributed by atoms with Crippen molar-refractivity contribution in [3.05, 3.63) is 51.5 Å². The van der Waals surface area contributed by atoms with Gasteiger partial charge in [0.1, 0.15) is 11.5 Å². The number of benzene rings is 2. The van der Waals surface area contributed by atoms with E-state index in [4.69, 9.17) is 9.47 Å². The summed E-state index contributed by atoms with van der Waals surface area (Å²) in [6.07, 6.45) is 1.09. The van der Waals surface area contributed by atoms with Crippen LogP contribution in [0.1, 0.15) is 16.7 Å². The number of rotatable bonds is 6. The zero-order valence-corrected chi connectivity index (χ0v) is 18.3. The second-order valence-corrected chi connectivity index (χ2v) is 8.00. The Balaban J connectivity index is 1.55. The minimum absolute atomic E-state index is 0.889. The molecular weight excluding hydrogens is 404 g/mol. The molecule has 3 rings (SSSR count). The van der Waals surface area contributed by atoms with Crippen LogP contribution in [0.2, 0.25) is 0 Å². The van der Waals surface area contributed by atoms with E-state index in [0.29, 0.717) is 0 Å². The molecule has 0 aromatic heterocycles. The second-order valence-electron chi connectivity index (χ2n) is 7.15. The predicted molar refractivity (Wildman–Crippen MR) is 116 cm³/mol. The van der Waals surface area contributed by atoms with Crippen LogP contribution in [0.25, 0.3) is 0 Å². The first kappa shape index (κ1) is 20.0. The van der Waals surface area contributed by atoms with Gasteiger partial charge in [-0.3, -0.25) is 4.90 Å². The summed E-state index contributed by atoms with van der Waals surface area (Å²) >= 11 is 3.53. The molecular formula is C22H29BrN2O2. The third-order valence-corrected chi connectivity index (χ3v) is 6.08. The molecule has 2 aromatic carbocycles. The van der Waals surface area contributed by atoms with E-state index in [1.54, 1.807) is 14.2 Å². The molecule has 0 radical (unpaired) electrons. The third-order valence-electron chi connectivity index (χ3n) is 5.42. The topological polar surface area (TPSA) is 24.9 Å². The lowest BCUT2D eigenvalue weighted by Gasteiger charge is -2.36. The van der Waals surface area contributed by atoms with Gasteiger partial charge in [0.2, 0.25) is 0 Å². The van der Waals surface area contributed by atoms with Crippen molar-refractivity contribution in [2.45, 2.75) is 20.3 Å². The predicted octanol–water partition coefficient (Wildman–Crippen LogP) is 4.45. The molecule has 27 heavy (non-hydrogen) atoms. The number of ether oxygens (including phenoxy) is 2. The monoisotopic (exact) mass is 432 g/mol. The van der Waals surface area contributed by atoms with Gasteiger partial charge in [0.05, 0.1) is 18.7 Å². The molecule has 1 saturated heterocycles. The molecule has 0 saturated carbocycles. The minimum atomic E-state index is 0.889. The lowest BCUT2D eigenvalue weighted by atomic mass is 10.0.